The van der Waals surface area contributed by atoms with E-state index in [-0.39, 0.29) is 12.5 Å². The van der Waals surface area contributed by atoms with E-state index in [1.54, 1.807) is 31.3 Å². The highest BCUT2D eigenvalue weighted by molar-refractivity contribution is 5.98. The van der Waals surface area contributed by atoms with E-state index < -0.39 is 23.8 Å². The topological polar surface area (TPSA) is 94.7 Å². The van der Waals surface area contributed by atoms with Crippen molar-refractivity contribution in [2.75, 3.05) is 20.8 Å². The maximum absolute atomic E-state index is 12.8. The standard InChI is InChI=1S/C25H21NO6/c1-4-32-25(29)22-21-16(11-26-22)19-12-7-5-10-15(24(28)31-3)18(12)20(21)13-8-6-9-14(17(13)19)23(27)30-2/h5-11,19-20,26H,4H2,1-3H3/t19-,20+/m1/s1. The van der Waals surface area contributed by atoms with Crippen LogP contribution in [0.4, 0.5) is 0 Å². The number of benzene rings is 2. The first kappa shape index (κ1) is 20.1. The molecule has 7 nitrogen and oxygen atoms in total. The summed E-state index contributed by atoms with van der Waals surface area (Å²) >= 11 is 0. The highest BCUT2D eigenvalue weighted by atomic mass is 16.5. The van der Waals surface area contributed by atoms with E-state index in [1.165, 1.54) is 14.2 Å². The predicted molar refractivity (Wildman–Crippen MR) is 114 cm³/mol. The Morgan fingerprint density at radius 3 is 1.91 bits per heavy atom. The lowest BCUT2D eigenvalue weighted by Gasteiger charge is -2.42. The number of rotatable bonds is 4. The van der Waals surface area contributed by atoms with E-state index in [9.17, 15) is 14.4 Å². The third kappa shape index (κ3) is 2.57. The minimum Gasteiger partial charge on any atom is -0.465 e. The van der Waals surface area contributed by atoms with Crippen molar-refractivity contribution in [1.29, 1.82) is 0 Å². The van der Waals surface area contributed by atoms with Crippen molar-refractivity contribution in [3.8, 4) is 0 Å². The summed E-state index contributed by atoms with van der Waals surface area (Å²) in [6.45, 7) is 2.00. The Labute approximate surface area is 184 Å². The molecule has 32 heavy (non-hydrogen) atoms. The summed E-state index contributed by atoms with van der Waals surface area (Å²) in [5, 5.41) is 0. The molecule has 0 fully saturated rings. The number of ether oxygens (including phenoxy) is 3. The fraction of sp³-hybridized carbons (Fsp3) is 0.240. The molecule has 3 aliphatic rings. The summed E-state index contributed by atoms with van der Waals surface area (Å²) in [5.74, 6) is -2.12. The summed E-state index contributed by atoms with van der Waals surface area (Å²) in [5.41, 5.74) is 6.31. The molecule has 1 heterocycles. The second-order valence-electron chi connectivity index (χ2n) is 7.72. The maximum atomic E-state index is 12.8. The molecule has 1 aromatic heterocycles. The van der Waals surface area contributed by atoms with E-state index in [0.717, 1.165) is 33.4 Å². The Balaban J connectivity index is 1.85. The number of methoxy groups -OCH3 is 2. The first-order valence-corrected chi connectivity index (χ1v) is 10.3. The van der Waals surface area contributed by atoms with Crippen LogP contribution in [0.1, 0.15) is 83.3 Å². The van der Waals surface area contributed by atoms with E-state index >= 15 is 0 Å². The molecule has 2 bridgehead atoms. The number of hydrogen-bond acceptors (Lipinski definition) is 6. The van der Waals surface area contributed by atoms with Crippen molar-refractivity contribution in [3.05, 3.63) is 92.8 Å². The van der Waals surface area contributed by atoms with E-state index in [2.05, 4.69) is 4.98 Å². The van der Waals surface area contributed by atoms with Gasteiger partial charge in [0, 0.05) is 23.6 Å². The van der Waals surface area contributed by atoms with Gasteiger partial charge in [-0.3, -0.25) is 0 Å². The van der Waals surface area contributed by atoms with Crippen LogP contribution in [-0.4, -0.2) is 43.7 Å². The van der Waals surface area contributed by atoms with Crippen LogP contribution in [-0.2, 0) is 14.2 Å². The van der Waals surface area contributed by atoms with Crippen molar-refractivity contribution in [2.45, 2.75) is 18.8 Å². The number of H-pyrrole nitrogens is 1. The lowest BCUT2D eigenvalue weighted by Crippen LogP contribution is -2.31. The number of aromatic nitrogens is 1. The molecule has 0 unspecified atom stereocenters. The minimum absolute atomic E-state index is 0.244. The van der Waals surface area contributed by atoms with Gasteiger partial charge in [-0.1, -0.05) is 24.3 Å². The Kier molecular flexibility index (Phi) is 4.62. The Morgan fingerprint density at radius 2 is 1.34 bits per heavy atom. The highest BCUT2D eigenvalue weighted by Crippen LogP contribution is 2.58. The molecule has 162 valence electrons. The van der Waals surface area contributed by atoms with Crippen LogP contribution in [0.3, 0.4) is 0 Å². The van der Waals surface area contributed by atoms with Gasteiger partial charge in [0.05, 0.1) is 32.0 Å². The van der Waals surface area contributed by atoms with Crippen molar-refractivity contribution in [1.82, 2.24) is 4.98 Å². The molecule has 6 rings (SSSR count). The van der Waals surface area contributed by atoms with Crippen LogP contribution in [0.15, 0.2) is 42.6 Å². The highest BCUT2D eigenvalue weighted by Gasteiger charge is 2.47. The number of carbonyl (C=O) groups excluding carboxylic acids is 3. The molecular weight excluding hydrogens is 410 g/mol. The molecule has 2 aromatic carbocycles. The van der Waals surface area contributed by atoms with Gasteiger partial charge >= 0.3 is 17.9 Å². The van der Waals surface area contributed by atoms with E-state index in [0.29, 0.717) is 16.8 Å². The largest absolute Gasteiger partial charge is 0.465 e. The molecule has 2 atom stereocenters. The van der Waals surface area contributed by atoms with Crippen LogP contribution < -0.4 is 0 Å². The second-order valence-corrected chi connectivity index (χ2v) is 7.72. The molecule has 7 heteroatoms. The molecule has 0 radical (unpaired) electrons. The molecular formula is C25H21NO6. The Bertz CT molecular complexity index is 1290. The van der Waals surface area contributed by atoms with Crippen molar-refractivity contribution < 1.29 is 28.6 Å². The summed E-state index contributed by atoms with van der Waals surface area (Å²) in [4.78, 5) is 41.1. The second kappa shape index (κ2) is 7.37. The van der Waals surface area contributed by atoms with Gasteiger partial charge in [-0.05, 0) is 46.9 Å². The lowest BCUT2D eigenvalue weighted by molar-refractivity contribution is 0.0517. The van der Waals surface area contributed by atoms with Gasteiger partial charge < -0.3 is 19.2 Å². The predicted octanol–water partition coefficient (Wildman–Crippen LogP) is 3.75. The monoisotopic (exact) mass is 431 g/mol. The summed E-state index contributed by atoms with van der Waals surface area (Å²) < 4.78 is 15.4. The molecule has 0 saturated carbocycles. The quantitative estimate of drug-likeness (QED) is 0.344. The summed E-state index contributed by atoms with van der Waals surface area (Å²) in [6.07, 6.45) is 1.80. The zero-order valence-corrected chi connectivity index (χ0v) is 17.9. The number of hydrogen-bond donors (Lipinski definition) is 1. The molecule has 0 aliphatic heterocycles. The number of esters is 3. The molecule has 3 aliphatic carbocycles. The number of aromatic amines is 1. The van der Waals surface area contributed by atoms with Gasteiger partial charge in [0.1, 0.15) is 5.69 Å². The van der Waals surface area contributed by atoms with Gasteiger partial charge in [0.2, 0.25) is 0 Å². The van der Waals surface area contributed by atoms with Crippen LogP contribution >= 0.6 is 0 Å². The molecule has 0 spiro atoms. The normalized spacial score (nSPS) is 17.1. The van der Waals surface area contributed by atoms with Crippen LogP contribution in [0.5, 0.6) is 0 Å². The van der Waals surface area contributed by atoms with Gasteiger partial charge in [0.25, 0.3) is 0 Å². The Morgan fingerprint density at radius 1 is 0.781 bits per heavy atom. The van der Waals surface area contributed by atoms with Crippen molar-refractivity contribution in [3.63, 3.8) is 0 Å². The van der Waals surface area contributed by atoms with Crippen LogP contribution in [0, 0.1) is 0 Å². The third-order valence-electron chi connectivity index (χ3n) is 6.32. The first-order chi connectivity index (χ1) is 15.5. The van der Waals surface area contributed by atoms with E-state index in [4.69, 9.17) is 14.2 Å². The van der Waals surface area contributed by atoms with Crippen LogP contribution in [0.25, 0.3) is 0 Å². The fourth-order valence-electron chi connectivity index (χ4n) is 5.20. The summed E-state index contributed by atoms with van der Waals surface area (Å²) in [7, 11) is 2.70. The summed E-state index contributed by atoms with van der Waals surface area (Å²) in [6, 6.07) is 11.0. The van der Waals surface area contributed by atoms with Crippen LogP contribution in [0.2, 0.25) is 0 Å². The van der Waals surface area contributed by atoms with Gasteiger partial charge in [-0.2, -0.15) is 0 Å². The average molecular weight is 431 g/mol. The molecule has 3 aromatic rings. The minimum atomic E-state index is -0.455. The SMILES string of the molecule is CCOC(=O)c1[nH]cc2c1[C@H]1c3cccc(C(=O)OC)c3[C@@H]2c2cccc(C(=O)OC)c21. The van der Waals surface area contributed by atoms with Gasteiger partial charge in [-0.25, -0.2) is 14.4 Å². The maximum Gasteiger partial charge on any atom is 0.355 e. The van der Waals surface area contributed by atoms with E-state index in [1.807, 2.05) is 18.2 Å². The van der Waals surface area contributed by atoms with Gasteiger partial charge in [0.15, 0.2) is 0 Å². The zero-order chi connectivity index (χ0) is 22.6. The Hall–Kier alpha value is -3.87. The third-order valence-corrected chi connectivity index (χ3v) is 6.32. The molecule has 0 saturated heterocycles. The number of nitrogens with one attached hydrogen (secondary N) is 1. The fourth-order valence-corrected chi connectivity index (χ4v) is 5.20. The van der Waals surface area contributed by atoms with Crippen molar-refractivity contribution in [2.24, 2.45) is 0 Å². The molecule has 0 amide bonds. The zero-order valence-electron chi connectivity index (χ0n) is 17.9. The molecule has 1 N–H and O–H groups in total. The first-order valence-electron chi connectivity index (χ1n) is 10.3. The van der Waals surface area contributed by atoms with Gasteiger partial charge in [-0.15, -0.1) is 0 Å². The number of carbonyl (C=O) groups is 3. The lowest BCUT2D eigenvalue weighted by atomic mass is 9.60. The average Bonchev–Trinajstić information content (AvgIpc) is 3.28. The smallest absolute Gasteiger partial charge is 0.355 e. The van der Waals surface area contributed by atoms with Crippen molar-refractivity contribution >= 4 is 17.9 Å².